The number of nitrogens with zero attached hydrogens (tertiary/aromatic N) is 3. The molecule has 0 aliphatic carbocycles. The first-order valence-corrected chi connectivity index (χ1v) is 6.02. The molecule has 5 heteroatoms. The highest BCUT2D eigenvalue weighted by atomic mass is 35.5. The Balaban J connectivity index is 2.19. The van der Waals surface area contributed by atoms with Crippen LogP contribution in [0.15, 0.2) is 18.5 Å². The number of hydrogen-bond acceptors (Lipinski definition) is 2. The van der Waals surface area contributed by atoms with Crippen LogP contribution in [0.1, 0.15) is 17.0 Å². The van der Waals surface area contributed by atoms with Gasteiger partial charge in [0.2, 0.25) is 0 Å². The van der Waals surface area contributed by atoms with Crippen molar-refractivity contribution < 1.29 is 0 Å². The van der Waals surface area contributed by atoms with Crippen molar-refractivity contribution in [1.29, 1.82) is 0 Å². The lowest BCUT2D eigenvalue weighted by Crippen LogP contribution is -2.05. The summed E-state index contributed by atoms with van der Waals surface area (Å²) in [6.45, 7) is 3.33. The van der Waals surface area contributed by atoms with Gasteiger partial charge in [-0.2, -0.15) is 5.10 Å². The maximum absolute atomic E-state index is 6.22. The standard InChI is InChI=1S/C12H17ClN4/c1-9-12(13)11(16(2)15-9)8-17-6-4-10(7-17)3-5-14/h4,6-7H,3,5,8,14H2,1-2H3. The van der Waals surface area contributed by atoms with Gasteiger partial charge in [-0.3, -0.25) is 4.68 Å². The summed E-state index contributed by atoms with van der Waals surface area (Å²) in [5, 5.41) is 5.05. The molecule has 2 rings (SSSR count). The van der Waals surface area contributed by atoms with E-state index in [1.165, 1.54) is 5.56 Å². The predicted octanol–water partition coefficient (Wildman–Crippen LogP) is 1.73. The molecule has 0 bridgehead atoms. The van der Waals surface area contributed by atoms with Crippen molar-refractivity contribution in [2.24, 2.45) is 12.8 Å². The van der Waals surface area contributed by atoms with Crippen LogP contribution >= 0.6 is 11.6 Å². The van der Waals surface area contributed by atoms with E-state index in [0.29, 0.717) is 6.54 Å². The Morgan fingerprint density at radius 3 is 2.82 bits per heavy atom. The van der Waals surface area contributed by atoms with E-state index in [1.54, 1.807) is 0 Å². The first kappa shape index (κ1) is 12.2. The Morgan fingerprint density at radius 2 is 2.24 bits per heavy atom. The zero-order valence-corrected chi connectivity index (χ0v) is 10.9. The Hall–Kier alpha value is -1.26. The van der Waals surface area contributed by atoms with Gasteiger partial charge in [0.1, 0.15) is 0 Å². The summed E-state index contributed by atoms with van der Waals surface area (Å²) in [6.07, 6.45) is 5.06. The van der Waals surface area contributed by atoms with E-state index < -0.39 is 0 Å². The molecule has 2 aromatic rings. The highest BCUT2D eigenvalue weighted by molar-refractivity contribution is 6.31. The van der Waals surface area contributed by atoms with Crippen LogP contribution < -0.4 is 5.73 Å². The van der Waals surface area contributed by atoms with E-state index in [9.17, 15) is 0 Å². The van der Waals surface area contributed by atoms with Gasteiger partial charge < -0.3 is 10.3 Å². The summed E-state index contributed by atoms with van der Waals surface area (Å²) in [6, 6.07) is 2.09. The second-order valence-electron chi connectivity index (χ2n) is 4.20. The number of aryl methyl sites for hydroxylation is 2. The topological polar surface area (TPSA) is 48.8 Å². The van der Waals surface area contributed by atoms with Crippen molar-refractivity contribution in [3.05, 3.63) is 40.4 Å². The molecule has 2 aromatic heterocycles. The maximum Gasteiger partial charge on any atom is 0.0865 e. The fourth-order valence-corrected chi connectivity index (χ4v) is 2.15. The third-order valence-corrected chi connectivity index (χ3v) is 3.33. The number of aromatic nitrogens is 3. The molecule has 0 saturated carbocycles. The van der Waals surface area contributed by atoms with E-state index in [4.69, 9.17) is 17.3 Å². The van der Waals surface area contributed by atoms with Crippen LogP contribution in [-0.2, 0) is 20.0 Å². The zero-order chi connectivity index (χ0) is 12.4. The quantitative estimate of drug-likeness (QED) is 0.901. The third kappa shape index (κ3) is 2.53. The molecule has 17 heavy (non-hydrogen) atoms. The van der Waals surface area contributed by atoms with Crippen molar-refractivity contribution in [3.8, 4) is 0 Å². The number of hydrogen-bond donors (Lipinski definition) is 1. The molecule has 92 valence electrons. The van der Waals surface area contributed by atoms with Gasteiger partial charge >= 0.3 is 0 Å². The third-order valence-electron chi connectivity index (χ3n) is 2.84. The molecule has 0 radical (unpaired) electrons. The molecule has 4 nitrogen and oxygen atoms in total. The molecule has 0 saturated heterocycles. The summed E-state index contributed by atoms with van der Waals surface area (Å²) in [7, 11) is 1.92. The molecular weight excluding hydrogens is 236 g/mol. The molecule has 0 aliphatic rings. The van der Waals surface area contributed by atoms with E-state index in [2.05, 4.69) is 21.9 Å². The summed E-state index contributed by atoms with van der Waals surface area (Å²) in [5.74, 6) is 0. The van der Waals surface area contributed by atoms with Gasteiger partial charge in [0.05, 0.1) is 23.0 Å². The minimum atomic E-state index is 0.676. The van der Waals surface area contributed by atoms with Crippen molar-refractivity contribution in [3.63, 3.8) is 0 Å². The highest BCUT2D eigenvalue weighted by Gasteiger charge is 2.11. The molecule has 0 spiro atoms. The van der Waals surface area contributed by atoms with Crippen molar-refractivity contribution >= 4 is 11.6 Å². The van der Waals surface area contributed by atoms with E-state index >= 15 is 0 Å². The van der Waals surface area contributed by atoms with Crippen molar-refractivity contribution in [1.82, 2.24) is 14.3 Å². The molecule has 0 atom stereocenters. The monoisotopic (exact) mass is 252 g/mol. The van der Waals surface area contributed by atoms with Gasteiger partial charge in [-0.25, -0.2) is 0 Å². The first-order valence-electron chi connectivity index (χ1n) is 5.64. The molecule has 0 aliphatic heterocycles. The lowest BCUT2D eigenvalue weighted by atomic mass is 10.2. The molecule has 0 fully saturated rings. The normalized spacial score (nSPS) is 11.1. The minimum Gasteiger partial charge on any atom is -0.348 e. The summed E-state index contributed by atoms with van der Waals surface area (Å²) in [5.41, 5.74) is 8.68. The molecular formula is C12H17ClN4. The van der Waals surface area contributed by atoms with Gasteiger partial charge in [0.15, 0.2) is 0 Å². The van der Waals surface area contributed by atoms with Gasteiger partial charge in [-0.15, -0.1) is 0 Å². The molecule has 0 aromatic carbocycles. The molecule has 2 heterocycles. The Kier molecular flexibility index (Phi) is 3.54. The number of halogens is 1. The van der Waals surface area contributed by atoms with E-state index in [-0.39, 0.29) is 0 Å². The second kappa shape index (κ2) is 4.94. The van der Waals surface area contributed by atoms with Crippen LogP contribution in [0.25, 0.3) is 0 Å². The van der Waals surface area contributed by atoms with E-state index in [0.717, 1.165) is 29.4 Å². The van der Waals surface area contributed by atoms with Crippen LogP contribution in [0.2, 0.25) is 5.02 Å². The highest BCUT2D eigenvalue weighted by Crippen LogP contribution is 2.20. The fourth-order valence-electron chi connectivity index (χ4n) is 1.93. The first-order chi connectivity index (χ1) is 8.11. The second-order valence-corrected chi connectivity index (χ2v) is 4.58. The molecule has 0 unspecified atom stereocenters. The average Bonchev–Trinajstić information content (AvgIpc) is 2.81. The minimum absolute atomic E-state index is 0.676. The lowest BCUT2D eigenvalue weighted by Gasteiger charge is -2.04. The van der Waals surface area contributed by atoms with Crippen LogP contribution in [0.5, 0.6) is 0 Å². The largest absolute Gasteiger partial charge is 0.348 e. The summed E-state index contributed by atoms with van der Waals surface area (Å²) < 4.78 is 3.94. The Morgan fingerprint density at radius 1 is 1.47 bits per heavy atom. The summed E-state index contributed by atoms with van der Waals surface area (Å²) in [4.78, 5) is 0. The summed E-state index contributed by atoms with van der Waals surface area (Å²) >= 11 is 6.22. The SMILES string of the molecule is Cc1nn(C)c(Cn2ccc(CCN)c2)c1Cl. The van der Waals surface area contributed by atoms with Gasteiger partial charge in [-0.1, -0.05) is 11.6 Å². The molecule has 0 amide bonds. The average molecular weight is 253 g/mol. The van der Waals surface area contributed by atoms with Crippen molar-refractivity contribution in [2.45, 2.75) is 19.9 Å². The van der Waals surface area contributed by atoms with E-state index in [1.807, 2.05) is 24.9 Å². The van der Waals surface area contributed by atoms with Crippen LogP contribution in [0.3, 0.4) is 0 Å². The van der Waals surface area contributed by atoms with Crippen LogP contribution in [0.4, 0.5) is 0 Å². The number of rotatable bonds is 4. The van der Waals surface area contributed by atoms with Crippen LogP contribution in [0, 0.1) is 6.92 Å². The fraction of sp³-hybridized carbons (Fsp3) is 0.417. The molecule has 2 N–H and O–H groups in total. The Bertz CT molecular complexity index is 513. The van der Waals surface area contributed by atoms with Gasteiger partial charge in [0, 0.05) is 19.4 Å². The predicted molar refractivity (Wildman–Crippen MR) is 69.2 cm³/mol. The lowest BCUT2D eigenvalue weighted by molar-refractivity contribution is 0.664. The Labute approximate surface area is 106 Å². The maximum atomic E-state index is 6.22. The number of nitrogens with two attached hydrogens (primary N) is 1. The van der Waals surface area contributed by atoms with Gasteiger partial charge in [-0.05, 0) is 31.5 Å². The van der Waals surface area contributed by atoms with Gasteiger partial charge in [0.25, 0.3) is 0 Å². The zero-order valence-electron chi connectivity index (χ0n) is 10.2. The van der Waals surface area contributed by atoms with Crippen molar-refractivity contribution in [2.75, 3.05) is 6.54 Å². The smallest absolute Gasteiger partial charge is 0.0865 e. The van der Waals surface area contributed by atoms with Crippen LogP contribution in [-0.4, -0.2) is 20.9 Å².